The van der Waals surface area contributed by atoms with Gasteiger partial charge in [0.05, 0.1) is 11.9 Å². The summed E-state index contributed by atoms with van der Waals surface area (Å²) in [7, 11) is -3.55. The molecule has 9 heteroatoms. The molecule has 2 amide bonds. The zero-order valence-electron chi connectivity index (χ0n) is 21.0. The minimum atomic E-state index is -3.55. The molecule has 0 radical (unpaired) electrons. The fraction of sp³-hybridized carbons (Fsp3) is 0.462. The number of aryl methyl sites for hydroxylation is 1. The van der Waals surface area contributed by atoms with Crippen LogP contribution in [0.4, 0.5) is 10.1 Å². The Morgan fingerprint density at radius 3 is 2.31 bits per heavy atom. The number of carbonyl (C=O) groups excluding carboxylic acids is 2. The summed E-state index contributed by atoms with van der Waals surface area (Å²) in [5.74, 6) is -0.911. The van der Waals surface area contributed by atoms with Crippen LogP contribution in [0.2, 0.25) is 0 Å². The van der Waals surface area contributed by atoms with Crippen LogP contribution in [0.3, 0.4) is 0 Å². The van der Waals surface area contributed by atoms with Crippen molar-refractivity contribution in [2.75, 3.05) is 23.7 Å². The number of unbranched alkanes of at least 4 members (excludes halogenated alkanes) is 1. The summed E-state index contributed by atoms with van der Waals surface area (Å²) in [5, 5.41) is 2.86. The second-order valence-corrected chi connectivity index (χ2v) is 10.6. The van der Waals surface area contributed by atoms with Crippen molar-refractivity contribution in [3.63, 3.8) is 0 Å². The molecule has 0 aliphatic heterocycles. The van der Waals surface area contributed by atoms with Gasteiger partial charge in [-0.2, -0.15) is 0 Å². The third kappa shape index (κ3) is 8.65. The van der Waals surface area contributed by atoms with Crippen LogP contribution in [0.5, 0.6) is 0 Å². The van der Waals surface area contributed by atoms with Crippen LogP contribution >= 0.6 is 0 Å². The highest BCUT2D eigenvalue weighted by Crippen LogP contribution is 2.23. The van der Waals surface area contributed by atoms with Crippen LogP contribution in [0.1, 0.15) is 50.7 Å². The molecule has 0 saturated heterocycles. The lowest BCUT2D eigenvalue weighted by atomic mass is 10.1. The molecule has 0 aliphatic carbocycles. The van der Waals surface area contributed by atoms with E-state index in [0.717, 1.165) is 24.7 Å². The second-order valence-electron chi connectivity index (χ2n) is 8.69. The molecule has 0 aromatic heterocycles. The van der Waals surface area contributed by atoms with Crippen molar-refractivity contribution in [2.24, 2.45) is 0 Å². The van der Waals surface area contributed by atoms with Crippen LogP contribution < -0.4 is 9.62 Å². The molecule has 0 bridgehead atoms. The minimum Gasteiger partial charge on any atom is -0.354 e. The van der Waals surface area contributed by atoms with Crippen molar-refractivity contribution < 1.29 is 22.4 Å². The summed E-state index contributed by atoms with van der Waals surface area (Å²) < 4.78 is 39.5. The summed E-state index contributed by atoms with van der Waals surface area (Å²) in [5.41, 5.74) is 2.10. The van der Waals surface area contributed by atoms with Gasteiger partial charge in [0.2, 0.25) is 21.8 Å². The molecule has 0 heterocycles. The first kappa shape index (κ1) is 28.3. The summed E-state index contributed by atoms with van der Waals surface area (Å²) >= 11 is 0. The number of amides is 2. The highest BCUT2D eigenvalue weighted by Gasteiger charge is 2.26. The molecular formula is C26H36FN3O4S. The molecule has 2 rings (SSSR count). The molecule has 0 unspecified atom stereocenters. The number of hydrogen-bond acceptors (Lipinski definition) is 4. The van der Waals surface area contributed by atoms with Gasteiger partial charge in [-0.15, -0.1) is 0 Å². The van der Waals surface area contributed by atoms with Gasteiger partial charge in [0.1, 0.15) is 11.9 Å². The predicted octanol–water partition coefficient (Wildman–Crippen LogP) is 4.01. The van der Waals surface area contributed by atoms with Crippen molar-refractivity contribution in [3.05, 3.63) is 65.5 Å². The molecule has 192 valence electrons. The van der Waals surface area contributed by atoms with E-state index in [-0.39, 0.29) is 43.6 Å². The predicted molar refractivity (Wildman–Crippen MR) is 137 cm³/mol. The Labute approximate surface area is 208 Å². The lowest BCUT2D eigenvalue weighted by Gasteiger charge is -2.29. The highest BCUT2D eigenvalue weighted by molar-refractivity contribution is 7.92. The number of benzene rings is 2. The Kier molecular flexibility index (Phi) is 10.7. The number of rotatable bonds is 13. The van der Waals surface area contributed by atoms with E-state index in [0.29, 0.717) is 17.8 Å². The second kappa shape index (κ2) is 13.2. The maximum Gasteiger partial charge on any atom is 0.242 e. The SMILES string of the molecule is CCCCNC(=O)[C@@H](C)N(Cc1ccc(F)cc1)C(=O)CCCN(c1ccccc1C)S(C)(=O)=O. The van der Waals surface area contributed by atoms with Crippen LogP contribution in [0.15, 0.2) is 48.5 Å². The lowest BCUT2D eigenvalue weighted by Crippen LogP contribution is -2.48. The maximum absolute atomic E-state index is 13.4. The van der Waals surface area contributed by atoms with Gasteiger partial charge in [-0.05, 0) is 56.0 Å². The van der Waals surface area contributed by atoms with E-state index in [2.05, 4.69) is 5.32 Å². The standard InChI is InChI=1S/C26H36FN3O4S/c1-5-6-17-28-26(32)21(3)29(19-22-13-15-23(27)16-14-22)25(31)12-9-18-30(35(4,33)34)24-11-8-7-10-20(24)2/h7-8,10-11,13-16,21H,5-6,9,12,17-19H2,1-4H3,(H,28,32)/t21-/m1/s1. The minimum absolute atomic E-state index is 0.0612. The topological polar surface area (TPSA) is 86.8 Å². The van der Waals surface area contributed by atoms with Gasteiger partial charge in [-0.3, -0.25) is 13.9 Å². The van der Waals surface area contributed by atoms with Gasteiger partial charge in [-0.1, -0.05) is 43.7 Å². The molecule has 1 atom stereocenters. The van der Waals surface area contributed by atoms with Gasteiger partial charge in [0.15, 0.2) is 0 Å². The van der Waals surface area contributed by atoms with E-state index < -0.39 is 16.1 Å². The molecule has 2 aromatic rings. The smallest absolute Gasteiger partial charge is 0.242 e. The fourth-order valence-corrected chi connectivity index (χ4v) is 4.75. The van der Waals surface area contributed by atoms with Crippen molar-refractivity contribution in [3.8, 4) is 0 Å². The number of sulfonamides is 1. The number of hydrogen-bond donors (Lipinski definition) is 1. The molecule has 7 nitrogen and oxygen atoms in total. The fourth-order valence-electron chi connectivity index (χ4n) is 3.73. The normalized spacial score (nSPS) is 12.1. The number of nitrogens with zero attached hydrogens (tertiary/aromatic N) is 2. The van der Waals surface area contributed by atoms with E-state index in [1.165, 1.54) is 21.3 Å². The summed E-state index contributed by atoms with van der Waals surface area (Å²) in [6.07, 6.45) is 3.26. The Morgan fingerprint density at radius 2 is 1.71 bits per heavy atom. The first-order chi connectivity index (χ1) is 16.5. The lowest BCUT2D eigenvalue weighted by molar-refractivity contribution is -0.140. The number of anilines is 1. The zero-order valence-corrected chi connectivity index (χ0v) is 21.8. The number of carbonyl (C=O) groups is 2. The van der Waals surface area contributed by atoms with Crippen LogP contribution in [-0.2, 0) is 26.2 Å². The summed E-state index contributed by atoms with van der Waals surface area (Å²) in [4.78, 5) is 27.4. The van der Waals surface area contributed by atoms with Crippen molar-refractivity contribution >= 4 is 27.5 Å². The van der Waals surface area contributed by atoms with Crippen LogP contribution in [0, 0.1) is 12.7 Å². The Hall–Kier alpha value is -2.94. The van der Waals surface area contributed by atoms with E-state index in [1.807, 2.05) is 26.0 Å². The average Bonchev–Trinajstić information content (AvgIpc) is 2.81. The number of para-hydroxylation sites is 1. The zero-order chi connectivity index (χ0) is 26.0. The van der Waals surface area contributed by atoms with Crippen LogP contribution in [0.25, 0.3) is 0 Å². The average molecular weight is 506 g/mol. The van der Waals surface area contributed by atoms with Gasteiger partial charge >= 0.3 is 0 Å². The molecule has 0 saturated carbocycles. The Bertz CT molecular complexity index is 1090. The van der Waals surface area contributed by atoms with Gasteiger partial charge in [-0.25, -0.2) is 12.8 Å². The molecule has 0 aliphatic rings. The molecular weight excluding hydrogens is 469 g/mol. The molecule has 35 heavy (non-hydrogen) atoms. The number of halogens is 1. The molecule has 1 N–H and O–H groups in total. The van der Waals surface area contributed by atoms with Gasteiger partial charge in [0.25, 0.3) is 0 Å². The van der Waals surface area contributed by atoms with Gasteiger partial charge in [0, 0.05) is 26.1 Å². The molecule has 0 fully saturated rings. The molecule has 0 spiro atoms. The van der Waals surface area contributed by atoms with Crippen LogP contribution in [-0.4, -0.2) is 50.5 Å². The van der Waals surface area contributed by atoms with E-state index in [4.69, 9.17) is 0 Å². The monoisotopic (exact) mass is 505 g/mol. The maximum atomic E-state index is 13.4. The van der Waals surface area contributed by atoms with E-state index >= 15 is 0 Å². The number of nitrogens with one attached hydrogen (secondary N) is 1. The Balaban J connectivity index is 2.14. The summed E-state index contributed by atoms with van der Waals surface area (Å²) in [6.45, 7) is 6.33. The largest absolute Gasteiger partial charge is 0.354 e. The quantitative estimate of drug-likeness (QED) is 0.417. The third-order valence-electron chi connectivity index (χ3n) is 5.80. The first-order valence-electron chi connectivity index (χ1n) is 11.9. The van der Waals surface area contributed by atoms with Crippen molar-refractivity contribution in [1.82, 2.24) is 10.2 Å². The molecule has 2 aromatic carbocycles. The third-order valence-corrected chi connectivity index (χ3v) is 6.98. The summed E-state index contributed by atoms with van der Waals surface area (Å²) in [6, 6.07) is 12.3. The van der Waals surface area contributed by atoms with E-state index in [1.54, 1.807) is 31.2 Å². The Morgan fingerprint density at radius 1 is 1.06 bits per heavy atom. The van der Waals surface area contributed by atoms with Gasteiger partial charge < -0.3 is 10.2 Å². The first-order valence-corrected chi connectivity index (χ1v) is 13.7. The van der Waals surface area contributed by atoms with Crippen molar-refractivity contribution in [1.29, 1.82) is 0 Å². The van der Waals surface area contributed by atoms with Crippen molar-refractivity contribution in [2.45, 2.75) is 59.0 Å². The van der Waals surface area contributed by atoms with E-state index in [9.17, 15) is 22.4 Å². The highest BCUT2D eigenvalue weighted by atomic mass is 32.2.